The molecule has 0 saturated carbocycles. The van der Waals surface area contributed by atoms with Crippen LogP contribution in [0.4, 0.5) is 0 Å². The lowest BCUT2D eigenvalue weighted by Gasteiger charge is -2.26. The molecule has 1 aromatic rings. The standard InChI is InChI=1S/C18H30N4O2.HI/c1-5-19-18(22-10-9-15(23)13-22)20-12-17(21(2)3)14-7-6-8-16(11-14)24-4;/h6-8,11,15,17,23H,5,9-10,12-13H2,1-4H3,(H,19,20);1H/t15-,17?;/m1./s1. The molecule has 1 aliphatic rings. The van der Waals surface area contributed by atoms with Crippen molar-refractivity contribution in [2.24, 2.45) is 4.99 Å². The van der Waals surface area contributed by atoms with Gasteiger partial charge in [-0.05, 0) is 45.1 Å². The third kappa shape index (κ3) is 6.31. The number of hydrogen-bond donors (Lipinski definition) is 2. The van der Waals surface area contributed by atoms with Crippen molar-refractivity contribution in [2.75, 3.05) is 47.4 Å². The lowest BCUT2D eigenvalue weighted by Crippen LogP contribution is -2.41. The summed E-state index contributed by atoms with van der Waals surface area (Å²) in [5.74, 6) is 1.74. The molecule has 1 aliphatic heterocycles. The number of benzene rings is 1. The number of likely N-dealkylation sites (N-methyl/N-ethyl adjacent to an activating group) is 1. The molecule has 0 spiro atoms. The normalized spacial score (nSPS) is 18.9. The van der Waals surface area contributed by atoms with E-state index in [0.717, 1.165) is 31.2 Å². The topological polar surface area (TPSA) is 60.3 Å². The Morgan fingerprint density at radius 3 is 2.80 bits per heavy atom. The number of rotatable bonds is 6. The molecule has 0 radical (unpaired) electrons. The fourth-order valence-corrected chi connectivity index (χ4v) is 2.95. The minimum absolute atomic E-state index is 0. The van der Waals surface area contributed by atoms with Crippen molar-refractivity contribution in [3.05, 3.63) is 29.8 Å². The highest BCUT2D eigenvalue weighted by molar-refractivity contribution is 14.0. The number of halogens is 1. The molecule has 25 heavy (non-hydrogen) atoms. The predicted octanol–water partition coefficient (Wildman–Crippen LogP) is 1.95. The zero-order chi connectivity index (χ0) is 17.5. The quantitative estimate of drug-likeness (QED) is 0.385. The Kier molecular flexibility index (Phi) is 9.52. The minimum atomic E-state index is -0.253. The molecule has 2 rings (SSSR count). The molecule has 1 heterocycles. The summed E-state index contributed by atoms with van der Waals surface area (Å²) in [6, 6.07) is 8.30. The molecule has 7 heteroatoms. The molecule has 1 aromatic carbocycles. The van der Waals surface area contributed by atoms with Crippen LogP contribution in [0.15, 0.2) is 29.3 Å². The second kappa shape index (κ2) is 10.8. The van der Waals surface area contributed by atoms with E-state index in [1.54, 1.807) is 7.11 Å². The van der Waals surface area contributed by atoms with Crippen LogP contribution < -0.4 is 10.1 Å². The van der Waals surface area contributed by atoms with Gasteiger partial charge < -0.3 is 25.0 Å². The first-order valence-corrected chi connectivity index (χ1v) is 8.56. The van der Waals surface area contributed by atoms with Crippen molar-refractivity contribution in [1.82, 2.24) is 15.1 Å². The number of guanidine groups is 1. The van der Waals surface area contributed by atoms with Gasteiger partial charge in [0.2, 0.25) is 0 Å². The lowest BCUT2D eigenvalue weighted by atomic mass is 10.1. The molecule has 0 bridgehead atoms. The van der Waals surface area contributed by atoms with Crippen LogP contribution in [-0.4, -0.2) is 74.4 Å². The Morgan fingerprint density at radius 2 is 2.24 bits per heavy atom. The van der Waals surface area contributed by atoms with Gasteiger partial charge in [0.05, 0.1) is 25.8 Å². The summed E-state index contributed by atoms with van der Waals surface area (Å²) in [6.07, 6.45) is 0.550. The van der Waals surface area contributed by atoms with Gasteiger partial charge in [-0.25, -0.2) is 0 Å². The van der Waals surface area contributed by atoms with E-state index in [2.05, 4.69) is 48.3 Å². The van der Waals surface area contributed by atoms with Gasteiger partial charge in [-0.3, -0.25) is 4.99 Å². The monoisotopic (exact) mass is 462 g/mol. The number of nitrogens with one attached hydrogen (secondary N) is 1. The zero-order valence-electron chi connectivity index (χ0n) is 15.6. The Labute approximate surface area is 168 Å². The molecule has 1 saturated heterocycles. The van der Waals surface area contributed by atoms with Crippen LogP contribution in [0.5, 0.6) is 5.75 Å². The van der Waals surface area contributed by atoms with Crippen molar-refractivity contribution in [3.63, 3.8) is 0 Å². The lowest BCUT2D eigenvalue weighted by molar-refractivity contribution is 0.187. The molecule has 1 unspecified atom stereocenters. The van der Waals surface area contributed by atoms with Crippen LogP contribution >= 0.6 is 24.0 Å². The van der Waals surface area contributed by atoms with Crippen LogP contribution in [0.1, 0.15) is 24.9 Å². The first-order chi connectivity index (χ1) is 11.5. The van der Waals surface area contributed by atoms with Gasteiger partial charge in [-0.15, -0.1) is 24.0 Å². The van der Waals surface area contributed by atoms with E-state index < -0.39 is 0 Å². The van der Waals surface area contributed by atoms with Crippen LogP contribution in [0.2, 0.25) is 0 Å². The van der Waals surface area contributed by atoms with Crippen molar-refractivity contribution in [3.8, 4) is 5.75 Å². The smallest absolute Gasteiger partial charge is 0.194 e. The Morgan fingerprint density at radius 1 is 1.48 bits per heavy atom. The van der Waals surface area contributed by atoms with Crippen LogP contribution in [0.3, 0.4) is 0 Å². The van der Waals surface area contributed by atoms with Crippen molar-refractivity contribution in [2.45, 2.75) is 25.5 Å². The number of β-amino-alcohol motifs (C(OH)–C–C–N with tert-alkyl or cyclic N) is 1. The average molecular weight is 462 g/mol. The molecular formula is C18H31IN4O2. The van der Waals surface area contributed by atoms with E-state index in [1.807, 2.05) is 12.1 Å². The maximum Gasteiger partial charge on any atom is 0.194 e. The molecule has 1 fully saturated rings. The van der Waals surface area contributed by atoms with Crippen molar-refractivity contribution in [1.29, 1.82) is 0 Å². The number of aliphatic hydroxyl groups excluding tert-OH is 1. The summed E-state index contributed by atoms with van der Waals surface area (Å²) >= 11 is 0. The number of nitrogens with zero attached hydrogens (tertiary/aromatic N) is 3. The molecule has 142 valence electrons. The Hall–Kier alpha value is -1.06. The van der Waals surface area contributed by atoms with E-state index in [4.69, 9.17) is 9.73 Å². The van der Waals surface area contributed by atoms with E-state index in [1.165, 1.54) is 5.56 Å². The second-order valence-electron chi connectivity index (χ2n) is 6.34. The summed E-state index contributed by atoms with van der Waals surface area (Å²) in [4.78, 5) is 9.12. The fraction of sp³-hybridized carbons (Fsp3) is 0.611. The number of methoxy groups -OCH3 is 1. The maximum absolute atomic E-state index is 9.77. The molecule has 0 amide bonds. The van der Waals surface area contributed by atoms with Gasteiger partial charge in [0.15, 0.2) is 5.96 Å². The number of aliphatic imine (C=N–C) groups is 1. The van der Waals surface area contributed by atoms with Crippen LogP contribution in [0.25, 0.3) is 0 Å². The average Bonchev–Trinajstić information content (AvgIpc) is 3.00. The summed E-state index contributed by atoms with van der Waals surface area (Å²) in [6.45, 7) is 5.02. The summed E-state index contributed by atoms with van der Waals surface area (Å²) in [5.41, 5.74) is 1.18. The zero-order valence-corrected chi connectivity index (χ0v) is 17.9. The Bertz CT molecular complexity index is 554. The minimum Gasteiger partial charge on any atom is -0.497 e. The van der Waals surface area contributed by atoms with Crippen molar-refractivity contribution >= 4 is 29.9 Å². The summed E-state index contributed by atoms with van der Waals surface area (Å²) in [5, 5.41) is 13.1. The third-order valence-electron chi connectivity index (χ3n) is 4.31. The van der Waals surface area contributed by atoms with Gasteiger partial charge in [0.25, 0.3) is 0 Å². The van der Waals surface area contributed by atoms with Crippen molar-refractivity contribution < 1.29 is 9.84 Å². The molecule has 2 atom stereocenters. The van der Waals surface area contributed by atoms with Gasteiger partial charge in [0, 0.05) is 19.6 Å². The summed E-state index contributed by atoms with van der Waals surface area (Å²) < 4.78 is 5.34. The number of ether oxygens (including phenoxy) is 1. The van der Waals surface area contributed by atoms with E-state index in [-0.39, 0.29) is 36.1 Å². The first-order valence-electron chi connectivity index (χ1n) is 8.56. The fourth-order valence-electron chi connectivity index (χ4n) is 2.95. The highest BCUT2D eigenvalue weighted by Gasteiger charge is 2.23. The van der Waals surface area contributed by atoms with E-state index in [0.29, 0.717) is 13.1 Å². The number of likely N-dealkylation sites (tertiary alicyclic amines) is 1. The molecule has 6 nitrogen and oxygen atoms in total. The van der Waals surface area contributed by atoms with E-state index in [9.17, 15) is 5.11 Å². The summed E-state index contributed by atoms with van der Waals surface area (Å²) in [7, 11) is 5.81. The first kappa shape index (κ1) is 22.0. The molecule has 0 aromatic heterocycles. The highest BCUT2D eigenvalue weighted by Crippen LogP contribution is 2.23. The predicted molar refractivity (Wildman–Crippen MR) is 113 cm³/mol. The molecule has 0 aliphatic carbocycles. The maximum atomic E-state index is 9.77. The van der Waals surface area contributed by atoms with Gasteiger partial charge in [-0.1, -0.05) is 12.1 Å². The van der Waals surface area contributed by atoms with Gasteiger partial charge in [-0.2, -0.15) is 0 Å². The highest BCUT2D eigenvalue weighted by atomic mass is 127. The largest absolute Gasteiger partial charge is 0.497 e. The number of aliphatic hydroxyl groups is 1. The molecule has 2 N–H and O–H groups in total. The second-order valence-corrected chi connectivity index (χ2v) is 6.34. The molecular weight excluding hydrogens is 431 g/mol. The SMILES string of the molecule is CCNC(=NCC(c1cccc(OC)c1)N(C)C)N1CC[C@@H](O)C1.I. The van der Waals surface area contributed by atoms with Gasteiger partial charge in [0.1, 0.15) is 5.75 Å². The Balaban J connectivity index is 0.00000312. The van der Waals surface area contributed by atoms with Crippen LogP contribution in [0, 0.1) is 0 Å². The van der Waals surface area contributed by atoms with E-state index >= 15 is 0 Å². The van der Waals surface area contributed by atoms with Gasteiger partial charge >= 0.3 is 0 Å². The van der Waals surface area contributed by atoms with Crippen LogP contribution in [-0.2, 0) is 0 Å². The number of hydrogen-bond acceptors (Lipinski definition) is 4. The third-order valence-corrected chi connectivity index (χ3v) is 4.31.